The lowest BCUT2D eigenvalue weighted by Gasteiger charge is -2.20. The van der Waals surface area contributed by atoms with Crippen LogP contribution in [0.25, 0.3) is 16.9 Å². The maximum Gasteiger partial charge on any atom is 0.164 e. The van der Waals surface area contributed by atoms with Crippen molar-refractivity contribution in [3.05, 3.63) is 48.4 Å². The van der Waals surface area contributed by atoms with Crippen molar-refractivity contribution in [2.75, 3.05) is 13.6 Å². The molecule has 0 amide bonds. The minimum absolute atomic E-state index is 0.265. The Kier molecular flexibility index (Phi) is 3.08. The number of hydrogen-bond donors (Lipinski definition) is 1. The SMILES string of the molecule is CN1CCCC1c1nc2cccnc2n1-c1ccc(O)cc1. The van der Waals surface area contributed by atoms with E-state index in [1.807, 2.05) is 24.3 Å². The molecule has 0 bridgehead atoms. The van der Waals surface area contributed by atoms with Gasteiger partial charge >= 0.3 is 0 Å². The minimum Gasteiger partial charge on any atom is -0.508 e. The molecule has 1 aliphatic heterocycles. The summed E-state index contributed by atoms with van der Waals surface area (Å²) in [5, 5.41) is 9.54. The number of phenols is 1. The quantitative estimate of drug-likeness (QED) is 0.789. The zero-order valence-electron chi connectivity index (χ0n) is 12.5. The van der Waals surface area contributed by atoms with Gasteiger partial charge in [-0.15, -0.1) is 0 Å². The van der Waals surface area contributed by atoms with E-state index in [1.54, 1.807) is 18.3 Å². The minimum atomic E-state index is 0.265. The first-order valence-corrected chi connectivity index (χ1v) is 7.57. The second-order valence-corrected chi connectivity index (χ2v) is 5.81. The average Bonchev–Trinajstić information content (AvgIpc) is 3.11. The maximum atomic E-state index is 9.54. The van der Waals surface area contributed by atoms with Crippen molar-refractivity contribution in [3.63, 3.8) is 0 Å². The highest BCUT2D eigenvalue weighted by Gasteiger charge is 2.28. The number of hydrogen-bond acceptors (Lipinski definition) is 4. The van der Waals surface area contributed by atoms with E-state index < -0.39 is 0 Å². The molecular formula is C17H18N4O. The number of imidazole rings is 1. The molecule has 112 valence electrons. The van der Waals surface area contributed by atoms with Crippen LogP contribution in [0.2, 0.25) is 0 Å². The molecule has 0 aliphatic carbocycles. The first-order valence-electron chi connectivity index (χ1n) is 7.57. The van der Waals surface area contributed by atoms with Gasteiger partial charge in [0.05, 0.1) is 6.04 Å². The summed E-state index contributed by atoms with van der Waals surface area (Å²) in [6, 6.07) is 11.4. The molecule has 1 aromatic carbocycles. The molecule has 1 atom stereocenters. The van der Waals surface area contributed by atoms with Gasteiger partial charge in [-0.1, -0.05) is 0 Å². The van der Waals surface area contributed by atoms with E-state index in [0.717, 1.165) is 35.6 Å². The lowest BCUT2D eigenvalue weighted by molar-refractivity contribution is 0.304. The summed E-state index contributed by atoms with van der Waals surface area (Å²) in [6.45, 7) is 1.09. The van der Waals surface area contributed by atoms with Crippen LogP contribution in [0.5, 0.6) is 5.75 Å². The number of pyridine rings is 1. The van der Waals surface area contributed by atoms with Gasteiger partial charge in [0.2, 0.25) is 0 Å². The van der Waals surface area contributed by atoms with E-state index in [9.17, 15) is 5.11 Å². The molecule has 22 heavy (non-hydrogen) atoms. The lowest BCUT2D eigenvalue weighted by Crippen LogP contribution is -2.20. The van der Waals surface area contributed by atoms with Gasteiger partial charge in [-0.3, -0.25) is 9.47 Å². The number of phenolic OH excluding ortho intramolecular Hbond substituents is 1. The summed E-state index contributed by atoms with van der Waals surface area (Å²) in [6.07, 6.45) is 4.09. The van der Waals surface area contributed by atoms with Crippen molar-refractivity contribution in [1.82, 2.24) is 19.4 Å². The summed E-state index contributed by atoms with van der Waals surface area (Å²) >= 11 is 0. The molecule has 3 aromatic rings. The van der Waals surface area contributed by atoms with Crippen LogP contribution in [0.3, 0.4) is 0 Å². The normalized spacial score (nSPS) is 19.0. The second-order valence-electron chi connectivity index (χ2n) is 5.81. The van der Waals surface area contributed by atoms with Gasteiger partial charge < -0.3 is 5.11 Å². The van der Waals surface area contributed by atoms with Crippen LogP contribution >= 0.6 is 0 Å². The Morgan fingerprint density at radius 2 is 2.00 bits per heavy atom. The van der Waals surface area contributed by atoms with E-state index in [0.29, 0.717) is 6.04 Å². The predicted octanol–water partition coefficient (Wildman–Crippen LogP) is 2.89. The highest BCUT2D eigenvalue weighted by molar-refractivity contribution is 5.74. The van der Waals surface area contributed by atoms with Gasteiger partial charge in [0, 0.05) is 11.9 Å². The molecule has 1 aliphatic rings. The van der Waals surface area contributed by atoms with Crippen molar-refractivity contribution in [3.8, 4) is 11.4 Å². The molecule has 1 fully saturated rings. The molecule has 5 heteroatoms. The second kappa shape index (κ2) is 5.10. The van der Waals surface area contributed by atoms with Crippen LogP contribution in [-0.4, -0.2) is 38.1 Å². The first-order chi connectivity index (χ1) is 10.7. The standard InChI is InChI=1S/C17H18N4O/c1-20-11-3-5-15(20)17-19-14-4-2-10-18-16(14)21(17)12-6-8-13(22)9-7-12/h2,4,6-10,15,22H,3,5,11H2,1H3. The smallest absolute Gasteiger partial charge is 0.164 e. The van der Waals surface area contributed by atoms with Crippen molar-refractivity contribution in [2.24, 2.45) is 0 Å². The molecule has 1 saturated heterocycles. The van der Waals surface area contributed by atoms with Crippen LogP contribution in [0.4, 0.5) is 0 Å². The fourth-order valence-corrected chi connectivity index (χ4v) is 3.25. The van der Waals surface area contributed by atoms with Crippen LogP contribution in [0.1, 0.15) is 24.7 Å². The highest BCUT2D eigenvalue weighted by Crippen LogP contribution is 2.33. The third-order valence-corrected chi connectivity index (χ3v) is 4.37. The molecule has 3 heterocycles. The van der Waals surface area contributed by atoms with E-state index >= 15 is 0 Å². The number of nitrogens with zero attached hydrogens (tertiary/aromatic N) is 4. The molecule has 1 unspecified atom stereocenters. The van der Waals surface area contributed by atoms with E-state index in [1.165, 1.54) is 6.42 Å². The number of rotatable bonds is 2. The maximum absolute atomic E-state index is 9.54. The number of likely N-dealkylation sites (tertiary alicyclic amines) is 1. The Balaban J connectivity index is 1.95. The summed E-state index contributed by atoms with van der Waals surface area (Å²) in [5.74, 6) is 1.29. The third-order valence-electron chi connectivity index (χ3n) is 4.37. The third kappa shape index (κ3) is 2.05. The van der Waals surface area contributed by atoms with Crippen LogP contribution < -0.4 is 0 Å². The summed E-state index contributed by atoms with van der Waals surface area (Å²) in [7, 11) is 2.14. The Hall–Kier alpha value is -2.40. The van der Waals surface area contributed by atoms with Gasteiger partial charge in [-0.25, -0.2) is 9.97 Å². The van der Waals surface area contributed by atoms with E-state index in [4.69, 9.17) is 4.98 Å². The van der Waals surface area contributed by atoms with Gasteiger partial charge in [-0.05, 0) is 62.8 Å². The van der Waals surface area contributed by atoms with Gasteiger partial charge in [0.25, 0.3) is 0 Å². The molecule has 0 radical (unpaired) electrons. The monoisotopic (exact) mass is 294 g/mol. The lowest BCUT2D eigenvalue weighted by atomic mass is 10.2. The Bertz CT molecular complexity index is 809. The van der Waals surface area contributed by atoms with Gasteiger partial charge in [0.1, 0.15) is 17.1 Å². The number of aromatic nitrogens is 3. The van der Waals surface area contributed by atoms with Gasteiger partial charge in [-0.2, -0.15) is 0 Å². The zero-order chi connectivity index (χ0) is 15.1. The van der Waals surface area contributed by atoms with Crippen molar-refractivity contribution in [2.45, 2.75) is 18.9 Å². The highest BCUT2D eigenvalue weighted by atomic mass is 16.3. The van der Waals surface area contributed by atoms with Crippen molar-refractivity contribution < 1.29 is 5.11 Å². The number of fused-ring (bicyclic) bond motifs is 1. The Morgan fingerprint density at radius 1 is 1.18 bits per heavy atom. The predicted molar refractivity (Wildman–Crippen MR) is 85.1 cm³/mol. The topological polar surface area (TPSA) is 54.2 Å². The molecule has 4 rings (SSSR count). The molecule has 1 N–H and O–H groups in total. The molecule has 2 aromatic heterocycles. The van der Waals surface area contributed by atoms with Crippen LogP contribution in [0.15, 0.2) is 42.6 Å². The number of aromatic hydroxyl groups is 1. The largest absolute Gasteiger partial charge is 0.508 e. The summed E-state index contributed by atoms with van der Waals surface area (Å²) < 4.78 is 2.11. The Morgan fingerprint density at radius 3 is 2.73 bits per heavy atom. The fraction of sp³-hybridized carbons (Fsp3) is 0.294. The van der Waals surface area contributed by atoms with Crippen LogP contribution in [0, 0.1) is 0 Å². The number of benzene rings is 1. The van der Waals surface area contributed by atoms with Crippen molar-refractivity contribution in [1.29, 1.82) is 0 Å². The molecule has 5 nitrogen and oxygen atoms in total. The van der Waals surface area contributed by atoms with Crippen molar-refractivity contribution >= 4 is 11.2 Å². The van der Waals surface area contributed by atoms with E-state index in [-0.39, 0.29) is 5.75 Å². The van der Waals surface area contributed by atoms with Crippen LogP contribution in [-0.2, 0) is 0 Å². The summed E-state index contributed by atoms with van der Waals surface area (Å²) in [5.41, 5.74) is 2.75. The van der Waals surface area contributed by atoms with E-state index in [2.05, 4.69) is 21.5 Å². The first kappa shape index (κ1) is 13.3. The average molecular weight is 294 g/mol. The Labute approximate surface area is 128 Å². The molecule has 0 spiro atoms. The zero-order valence-corrected chi connectivity index (χ0v) is 12.5. The molecular weight excluding hydrogens is 276 g/mol. The van der Waals surface area contributed by atoms with Gasteiger partial charge in [0.15, 0.2) is 5.65 Å². The fourth-order valence-electron chi connectivity index (χ4n) is 3.25. The summed E-state index contributed by atoms with van der Waals surface area (Å²) in [4.78, 5) is 11.7. The molecule has 0 saturated carbocycles.